The number of fused-ring (bicyclic) bond motifs is 1. The molecule has 1 aliphatic heterocycles. The summed E-state index contributed by atoms with van der Waals surface area (Å²) in [5.41, 5.74) is -0.498. The van der Waals surface area contributed by atoms with Crippen molar-refractivity contribution in [1.29, 1.82) is 0 Å². The number of rotatable bonds is 3. The van der Waals surface area contributed by atoms with Gasteiger partial charge in [-0.25, -0.2) is 0 Å². The first-order valence-corrected chi connectivity index (χ1v) is 7.03. The van der Waals surface area contributed by atoms with Crippen LogP contribution in [0.3, 0.4) is 0 Å². The quantitative estimate of drug-likeness (QED) is 0.798. The Balaban J connectivity index is 1.87. The van der Waals surface area contributed by atoms with Crippen LogP contribution in [0.25, 0.3) is 0 Å². The Morgan fingerprint density at radius 3 is 2.56 bits per heavy atom. The van der Waals surface area contributed by atoms with Gasteiger partial charge in [0, 0.05) is 12.6 Å². The molecule has 2 aliphatic rings. The Kier molecular flexibility index (Phi) is 3.91. The summed E-state index contributed by atoms with van der Waals surface area (Å²) >= 11 is 0. The average Bonchev–Trinajstić information content (AvgIpc) is 2.25. The third-order valence-corrected chi connectivity index (χ3v) is 4.37. The van der Waals surface area contributed by atoms with E-state index < -0.39 is 5.60 Å². The van der Waals surface area contributed by atoms with Gasteiger partial charge in [-0.3, -0.25) is 0 Å². The molecule has 16 heavy (non-hydrogen) atoms. The third kappa shape index (κ3) is 3.21. The SMILES string of the molecule is CC(C)(O)CCN1CCC[C@H]2CCCC[C@H]21. The van der Waals surface area contributed by atoms with E-state index in [0.717, 1.165) is 24.9 Å². The predicted octanol–water partition coefficient (Wildman–Crippen LogP) is 2.80. The lowest BCUT2D eigenvalue weighted by atomic mass is 9.78. The summed E-state index contributed by atoms with van der Waals surface area (Å²) < 4.78 is 0. The highest BCUT2D eigenvalue weighted by atomic mass is 16.3. The van der Waals surface area contributed by atoms with Gasteiger partial charge in [0.05, 0.1) is 5.60 Å². The zero-order valence-electron chi connectivity index (χ0n) is 10.9. The Morgan fingerprint density at radius 2 is 1.81 bits per heavy atom. The molecule has 1 heterocycles. The molecule has 2 atom stereocenters. The van der Waals surface area contributed by atoms with Gasteiger partial charge in [0.25, 0.3) is 0 Å². The molecular weight excluding hydrogens is 198 g/mol. The van der Waals surface area contributed by atoms with Gasteiger partial charge in [-0.15, -0.1) is 0 Å². The first-order chi connectivity index (χ1) is 7.56. The fraction of sp³-hybridized carbons (Fsp3) is 1.00. The zero-order valence-corrected chi connectivity index (χ0v) is 10.9. The highest BCUT2D eigenvalue weighted by Gasteiger charge is 2.33. The minimum Gasteiger partial charge on any atom is -0.390 e. The maximum Gasteiger partial charge on any atom is 0.0603 e. The van der Waals surface area contributed by atoms with Crippen LogP contribution in [0.5, 0.6) is 0 Å². The second-order valence-corrected chi connectivity index (χ2v) is 6.35. The van der Waals surface area contributed by atoms with Gasteiger partial charge in [0.2, 0.25) is 0 Å². The molecule has 0 spiro atoms. The maximum atomic E-state index is 9.82. The molecule has 0 aromatic carbocycles. The molecule has 0 bridgehead atoms. The summed E-state index contributed by atoms with van der Waals surface area (Å²) in [4.78, 5) is 2.66. The summed E-state index contributed by atoms with van der Waals surface area (Å²) in [6, 6.07) is 0.838. The van der Waals surface area contributed by atoms with Gasteiger partial charge in [0.1, 0.15) is 0 Å². The number of nitrogens with zero attached hydrogens (tertiary/aromatic N) is 1. The lowest BCUT2D eigenvalue weighted by Gasteiger charge is -2.44. The molecule has 0 amide bonds. The summed E-state index contributed by atoms with van der Waals surface area (Å²) in [5, 5.41) is 9.82. The third-order valence-electron chi connectivity index (χ3n) is 4.37. The Labute approximate surface area is 100 Å². The number of likely N-dealkylation sites (tertiary alicyclic amines) is 1. The fourth-order valence-electron chi connectivity index (χ4n) is 3.42. The van der Waals surface area contributed by atoms with Crippen LogP contribution in [-0.4, -0.2) is 34.7 Å². The molecule has 0 radical (unpaired) electrons. The van der Waals surface area contributed by atoms with Crippen molar-refractivity contribution in [2.45, 2.75) is 70.4 Å². The standard InChI is InChI=1S/C14H27NO/c1-14(2,16)9-11-15-10-5-7-12-6-3-4-8-13(12)15/h12-13,16H,3-11H2,1-2H3/t12-,13-/m1/s1. The van der Waals surface area contributed by atoms with Gasteiger partial charge in [-0.05, 0) is 58.4 Å². The van der Waals surface area contributed by atoms with Crippen LogP contribution in [0.4, 0.5) is 0 Å². The Morgan fingerprint density at radius 1 is 1.12 bits per heavy atom. The first kappa shape index (κ1) is 12.4. The zero-order chi connectivity index (χ0) is 11.6. The highest BCUT2D eigenvalue weighted by Crippen LogP contribution is 2.35. The molecule has 94 valence electrons. The Hall–Kier alpha value is -0.0800. The molecule has 0 aromatic heterocycles. The van der Waals surface area contributed by atoms with Crippen LogP contribution in [0.15, 0.2) is 0 Å². The van der Waals surface area contributed by atoms with E-state index in [1.165, 1.54) is 45.1 Å². The van der Waals surface area contributed by atoms with Crippen molar-refractivity contribution in [2.24, 2.45) is 5.92 Å². The number of hydrogen-bond acceptors (Lipinski definition) is 2. The van der Waals surface area contributed by atoms with Gasteiger partial charge in [-0.1, -0.05) is 12.8 Å². The molecule has 2 nitrogen and oxygen atoms in total. The predicted molar refractivity (Wildman–Crippen MR) is 67.5 cm³/mol. The lowest BCUT2D eigenvalue weighted by molar-refractivity contribution is 0.0197. The van der Waals surface area contributed by atoms with Crippen LogP contribution in [0, 0.1) is 5.92 Å². The van der Waals surface area contributed by atoms with E-state index >= 15 is 0 Å². The normalized spacial score (nSPS) is 32.4. The van der Waals surface area contributed by atoms with Crippen LogP contribution < -0.4 is 0 Å². The van der Waals surface area contributed by atoms with Crippen molar-refractivity contribution in [3.63, 3.8) is 0 Å². The van der Waals surface area contributed by atoms with Crippen molar-refractivity contribution in [3.05, 3.63) is 0 Å². The van der Waals surface area contributed by atoms with E-state index in [1.807, 2.05) is 13.8 Å². The van der Waals surface area contributed by atoms with Crippen molar-refractivity contribution in [1.82, 2.24) is 4.90 Å². The fourth-order valence-corrected chi connectivity index (χ4v) is 3.42. The van der Waals surface area contributed by atoms with Crippen LogP contribution in [-0.2, 0) is 0 Å². The Bertz CT molecular complexity index is 219. The van der Waals surface area contributed by atoms with Gasteiger partial charge in [-0.2, -0.15) is 0 Å². The smallest absolute Gasteiger partial charge is 0.0603 e. The minimum absolute atomic E-state index is 0.498. The molecule has 0 unspecified atom stereocenters. The lowest BCUT2D eigenvalue weighted by Crippen LogP contribution is -2.48. The molecule has 2 fully saturated rings. The average molecular weight is 225 g/mol. The van der Waals surface area contributed by atoms with Crippen molar-refractivity contribution < 1.29 is 5.11 Å². The van der Waals surface area contributed by atoms with E-state index in [2.05, 4.69) is 4.90 Å². The van der Waals surface area contributed by atoms with E-state index in [-0.39, 0.29) is 0 Å². The van der Waals surface area contributed by atoms with E-state index in [4.69, 9.17) is 0 Å². The second kappa shape index (κ2) is 5.05. The molecule has 0 aromatic rings. The van der Waals surface area contributed by atoms with E-state index in [9.17, 15) is 5.11 Å². The number of aliphatic hydroxyl groups is 1. The summed E-state index contributed by atoms with van der Waals surface area (Å²) in [6.07, 6.45) is 9.44. The molecule has 1 saturated heterocycles. The van der Waals surface area contributed by atoms with Crippen molar-refractivity contribution in [3.8, 4) is 0 Å². The molecule has 2 heteroatoms. The summed E-state index contributed by atoms with van der Waals surface area (Å²) in [7, 11) is 0. The molecule has 1 N–H and O–H groups in total. The first-order valence-electron chi connectivity index (χ1n) is 7.03. The monoisotopic (exact) mass is 225 g/mol. The van der Waals surface area contributed by atoms with Gasteiger partial charge >= 0.3 is 0 Å². The van der Waals surface area contributed by atoms with Crippen LogP contribution >= 0.6 is 0 Å². The molecule has 1 aliphatic carbocycles. The molecule has 1 saturated carbocycles. The van der Waals surface area contributed by atoms with Crippen molar-refractivity contribution >= 4 is 0 Å². The van der Waals surface area contributed by atoms with Crippen LogP contribution in [0.2, 0.25) is 0 Å². The number of hydrogen-bond donors (Lipinski definition) is 1. The largest absolute Gasteiger partial charge is 0.390 e. The van der Waals surface area contributed by atoms with E-state index in [0.29, 0.717) is 0 Å². The molecular formula is C14H27NO. The van der Waals surface area contributed by atoms with Crippen LogP contribution in [0.1, 0.15) is 58.8 Å². The summed E-state index contributed by atoms with van der Waals surface area (Å²) in [5.74, 6) is 0.962. The minimum atomic E-state index is -0.498. The van der Waals surface area contributed by atoms with Gasteiger partial charge in [0.15, 0.2) is 0 Å². The number of piperidine rings is 1. The highest BCUT2D eigenvalue weighted by molar-refractivity contribution is 4.87. The second-order valence-electron chi connectivity index (χ2n) is 6.35. The topological polar surface area (TPSA) is 23.5 Å². The van der Waals surface area contributed by atoms with E-state index in [1.54, 1.807) is 0 Å². The summed E-state index contributed by atoms with van der Waals surface area (Å²) in [6.45, 7) is 6.20. The van der Waals surface area contributed by atoms with Crippen molar-refractivity contribution in [2.75, 3.05) is 13.1 Å². The molecule has 2 rings (SSSR count). The maximum absolute atomic E-state index is 9.82. The van der Waals surface area contributed by atoms with Gasteiger partial charge < -0.3 is 10.0 Å².